The van der Waals surface area contributed by atoms with Crippen LogP contribution in [0.3, 0.4) is 0 Å². The van der Waals surface area contributed by atoms with E-state index in [0.717, 1.165) is 11.1 Å². The topological polar surface area (TPSA) is 150 Å². The molecule has 0 aliphatic carbocycles. The number of amides is 1. The van der Waals surface area contributed by atoms with Crippen LogP contribution >= 0.6 is 0 Å². The fraction of sp³-hybridized carbons (Fsp3) is 0.154. The lowest BCUT2D eigenvalue weighted by molar-refractivity contribution is 0.0696. The third-order valence-electron chi connectivity index (χ3n) is 5.05. The summed E-state index contributed by atoms with van der Waals surface area (Å²) in [5.41, 5.74) is 4.28. The lowest BCUT2D eigenvalue weighted by Gasteiger charge is -2.15. The van der Waals surface area contributed by atoms with Crippen molar-refractivity contribution in [1.29, 1.82) is 0 Å². The van der Waals surface area contributed by atoms with Crippen molar-refractivity contribution in [3.63, 3.8) is 0 Å². The first kappa shape index (κ1) is 26.7. The predicted octanol–water partition coefficient (Wildman–Crippen LogP) is 2.72. The van der Waals surface area contributed by atoms with Gasteiger partial charge in [0.1, 0.15) is 22.8 Å². The van der Waals surface area contributed by atoms with Crippen LogP contribution < -0.4 is 21.1 Å². The van der Waals surface area contributed by atoms with Crippen LogP contribution in [0.1, 0.15) is 20.7 Å². The van der Waals surface area contributed by atoms with Gasteiger partial charge in [0.05, 0.1) is 0 Å². The smallest absolute Gasteiger partial charge is 0.341 e. The molecule has 2 aromatic carbocycles. The van der Waals surface area contributed by atoms with Crippen LogP contribution in [-0.2, 0) is 0 Å². The quantitative estimate of drug-likeness (QED) is 0.205. The molecule has 0 radical (unpaired) electrons. The van der Waals surface area contributed by atoms with E-state index >= 15 is 0 Å². The number of carboxylic acids is 1. The monoisotopic (exact) mass is 500 g/mol. The molecule has 0 fully saturated rings. The van der Waals surface area contributed by atoms with Crippen LogP contribution in [0.25, 0.3) is 22.8 Å². The highest BCUT2D eigenvalue weighted by Gasteiger charge is 2.17. The SMILES string of the molecule is CN(C)c1nc(-c2ccccc2)ncc1C(=O)NN.CN(C)c1nc(-c2ccccc2)ncc1C(=O)O. The zero-order valence-electron chi connectivity index (χ0n) is 21.0. The molecule has 0 aliphatic rings. The van der Waals surface area contributed by atoms with Crippen LogP contribution in [0.2, 0.25) is 0 Å². The van der Waals surface area contributed by atoms with Crippen molar-refractivity contribution in [2.75, 3.05) is 38.0 Å². The molecule has 0 saturated carbocycles. The Morgan fingerprint density at radius 3 is 1.51 bits per heavy atom. The second-order valence-electron chi connectivity index (χ2n) is 8.16. The summed E-state index contributed by atoms with van der Waals surface area (Å²) in [4.78, 5) is 43.1. The van der Waals surface area contributed by atoms with Gasteiger partial charge in [-0.25, -0.2) is 30.6 Å². The Bertz CT molecular complexity index is 1360. The largest absolute Gasteiger partial charge is 0.477 e. The number of benzene rings is 2. The number of carbonyl (C=O) groups is 2. The highest BCUT2D eigenvalue weighted by atomic mass is 16.4. The summed E-state index contributed by atoms with van der Waals surface area (Å²) in [5.74, 6) is 5.72. The summed E-state index contributed by atoms with van der Waals surface area (Å²) in [6.07, 6.45) is 2.82. The van der Waals surface area contributed by atoms with E-state index in [9.17, 15) is 9.59 Å². The number of hydrazine groups is 1. The summed E-state index contributed by atoms with van der Waals surface area (Å²) in [5, 5.41) is 9.07. The van der Waals surface area contributed by atoms with Crippen molar-refractivity contribution >= 4 is 23.5 Å². The van der Waals surface area contributed by atoms with E-state index in [1.54, 1.807) is 23.9 Å². The average Bonchev–Trinajstić information content (AvgIpc) is 2.93. The number of carbonyl (C=O) groups excluding carboxylic acids is 1. The second-order valence-corrected chi connectivity index (χ2v) is 8.16. The van der Waals surface area contributed by atoms with E-state index in [4.69, 9.17) is 10.9 Å². The minimum atomic E-state index is -1.03. The number of anilines is 2. The Balaban J connectivity index is 0.000000206. The maximum atomic E-state index is 11.6. The summed E-state index contributed by atoms with van der Waals surface area (Å²) in [7, 11) is 7.13. The third kappa shape index (κ3) is 6.61. The molecule has 0 saturated heterocycles. The molecule has 11 nitrogen and oxygen atoms in total. The van der Waals surface area contributed by atoms with Crippen LogP contribution in [0, 0.1) is 0 Å². The van der Waals surface area contributed by atoms with Crippen LogP contribution in [0.4, 0.5) is 11.6 Å². The van der Waals surface area contributed by atoms with Gasteiger partial charge in [0.25, 0.3) is 5.91 Å². The molecule has 0 bridgehead atoms. The van der Waals surface area contributed by atoms with Crippen LogP contribution in [0.15, 0.2) is 73.1 Å². The number of carboxylic acid groups (broad SMARTS) is 1. The first-order valence-corrected chi connectivity index (χ1v) is 11.2. The average molecular weight is 501 g/mol. The first-order chi connectivity index (χ1) is 17.7. The van der Waals surface area contributed by atoms with Gasteiger partial charge in [-0.2, -0.15) is 0 Å². The number of aromatic carboxylic acids is 1. The minimum absolute atomic E-state index is 0.0969. The van der Waals surface area contributed by atoms with Gasteiger partial charge in [0.2, 0.25) is 0 Å². The molecule has 37 heavy (non-hydrogen) atoms. The maximum absolute atomic E-state index is 11.6. The highest BCUT2D eigenvalue weighted by Crippen LogP contribution is 2.22. The first-order valence-electron chi connectivity index (χ1n) is 11.2. The zero-order chi connectivity index (χ0) is 26.9. The zero-order valence-corrected chi connectivity index (χ0v) is 21.0. The van der Waals surface area contributed by atoms with E-state index in [1.165, 1.54) is 12.4 Å². The number of hydrogen-bond donors (Lipinski definition) is 3. The Hall–Kier alpha value is -4.90. The Labute approximate surface area is 214 Å². The molecule has 0 aliphatic heterocycles. The molecular formula is C26H28N8O3. The van der Waals surface area contributed by atoms with Gasteiger partial charge in [-0.1, -0.05) is 60.7 Å². The number of aromatic nitrogens is 4. The number of rotatable bonds is 6. The molecule has 190 valence electrons. The summed E-state index contributed by atoms with van der Waals surface area (Å²) >= 11 is 0. The molecular weight excluding hydrogens is 472 g/mol. The lowest BCUT2D eigenvalue weighted by Crippen LogP contribution is -2.32. The fourth-order valence-electron chi connectivity index (χ4n) is 3.27. The van der Waals surface area contributed by atoms with E-state index in [-0.39, 0.29) is 5.56 Å². The summed E-state index contributed by atoms with van der Waals surface area (Å²) in [6, 6.07) is 19.0. The van der Waals surface area contributed by atoms with Gasteiger partial charge in [0.15, 0.2) is 11.6 Å². The summed E-state index contributed by atoms with van der Waals surface area (Å²) < 4.78 is 0. The molecule has 2 heterocycles. The Morgan fingerprint density at radius 2 is 1.14 bits per heavy atom. The van der Waals surface area contributed by atoms with E-state index in [1.807, 2.05) is 74.8 Å². The number of hydrogen-bond acceptors (Lipinski definition) is 9. The lowest BCUT2D eigenvalue weighted by atomic mass is 10.2. The standard InChI is InChI=1S/C13H15N5O.C13H13N3O2/c1-18(2)12-10(13(19)17-14)8-15-11(16-12)9-6-4-3-5-7-9;1-16(2)12-10(13(17)18)8-14-11(15-12)9-6-4-3-5-7-9/h3-8H,14H2,1-2H3,(H,17,19);3-8H,1-2H3,(H,17,18). The van der Waals surface area contributed by atoms with Gasteiger partial charge in [0, 0.05) is 51.7 Å². The fourth-order valence-corrected chi connectivity index (χ4v) is 3.27. The van der Waals surface area contributed by atoms with Crippen LogP contribution in [-0.4, -0.2) is 65.1 Å². The van der Waals surface area contributed by atoms with Crippen molar-refractivity contribution < 1.29 is 14.7 Å². The number of nitrogens with zero attached hydrogens (tertiary/aromatic N) is 6. The van der Waals surface area contributed by atoms with Gasteiger partial charge in [-0.3, -0.25) is 10.2 Å². The van der Waals surface area contributed by atoms with Gasteiger partial charge < -0.3 is 14.9 Å². The molecule has 11 heteroatoms. The van der Waals surface area contributed by atoms with Crippen LogP contribution in [0.5, 0.6) is 0 Å². The predicted molar refractivity (Wildman–Crippen MR) is 142 cm³/mol. The number of nitrogens with one attached hydrogen (secondary N) is 1. The number of nitrogen functional groups attached to an aromatic ring is 1. The maximum Gasteiger partial charge on any atom is 0.341 e. The normalized spacial score (nSPS) is 10.1. The van der Waals surface area contributed by atoms with Crippen molar-refractivity contribution in [2.24, 2.45) is 5.84 Å². The van der Waals surface area contributed by atoms with E-state index < -0.39 is 11.9 Å². The number of nitrogens with two attached hydrogens (primary N) is 1. The van der Waals surface area contributed by atoms with Gasteiger partial charge >= 0.3 is 5.97 Å². The van der Waals surface area contributed by atoms with Crippen molar-refractivity contribution in [3.8, 4) is 22.8 Å². The van der Waals surface area contributed by atoms with E-state index in [2.05, 4.69) is 25.4 Å². The van der Waals surface area contributed by atoms with Gasteiger partial charge in [-0.05, 0) is 0 Å². The molecule has 2 aromatic heterocycles. The van der Waals surface area contributed by atoms with E-state index in [0.29, 0.717) is 28.8 Å². The Kier molecular flexibility index (Phi) is 8.79. The molecule has 0 atom stereocenters. The molecule has 0 unspecified atom stereocenters. The summed E-state index contributed by atoms with van der Waals surface area (Å²) in [6.45, 7) is 0. The second kappa shape index (κ2) is 12.2. The molecule has 4 aromatic rings. The Morgan fingerprint density at radius 1 is 0.730 bits per heavy atom. The van der Waals surface area contributed by atoms with Crippen molar-refractivity contribution in [3.05, 3.63) is 84.2 Å². The molecule has 4 N–H and O–H groups in total. The van der Waals surface area contributed by atoms with Gasteiger partial charge in [-0.15, -0.1) is 0 Å². The highest BCUT2D eigenvalue weighted by molar-refractivity contribution is 5.98. The minimum Gasteiger partial charge on any atom is -0.477 e. The van der Waals surface area contributed by atoms with Crippen molar-refractivity contribution in [2.45, 2.75) is 0 Å². The molecule has 4 rings (SSSR count). The molecule has 0 spiro atoms. The van der Waals surface area contributed by atoms with Crippen molar-refractivity contribution in [1.82, 2.24) is 25.4 Å². The third-order valence-corrected chi connectivity index (χ3v) is 5.05. The molecule has 1 amide bonds.